The van der Waals surface area contributed by atoms with E-state index in [-0.39, 0.29) is 0 Å². The largest absolute Gasteiger partial charge is 0.489 e. The van der Waals surface area contributed by atoms with Crippen LogP contribution in [0.15, 0.2) is 78.4 Å². The standard InChI is InChI=1S/C22H27NO2/c1-4-20(18(2)24)11-8-16-23(3)21-12-14-22(15-13-21)25-17-19-9-6-5-7-10-19/h4-15,18,24H,16-17H2,1-3H3/b11-8-,20-4+. The van der Waals surface area contributed by atoms with E-state index in [9.17, 15) is 5.11 Å². The topological polar surface area (TPSA) is 32.7 Å². The van der Waals surface area contributed by atoms with Crippen LogP contribution >= 0.6 is 0 Å². The fourth-order valence-corrected chi connectivity index (χ4v) is 2.47. The summed E-state index contributed by atoms with van der Waals surface area (Å²) in [5, 5.41) is 9.61. The van der Waals surface area contributed by atoms with Gasteiger partial charge in [0, 0.05) is 19.3 Å². The van der Waals surface area contributed by atoms with Crippen molar-refractivity contribution in [2.24, 2.45) is 0 Å². The van der Waals surface area contributed by atoms with E-state index in [1.807, 2.05) is 56.5 Å². The highest BCUT2D eigenvalue weighted by Gasteiger charge is 2.02. The normalized spacial score (nSPS) is 13.0. The third-order valence-electron chi connectivity index (χ3n) is 4.03. The molecule has 2 aromatic carbocycles. The van der Waals surface area contributed by atoms with Gasteiger partial charge < -0.3 is 14.7 Å². The number of aliphatic hydroxyl groups is 1. The van der Waals surface area contributed by atoms with Gasteiger partial charge in [0.05, 0.1) is 6.10 Å². The van der Waals surface area contributed by atoms with Gasteiger partial charge in [-0.1, -0.05) is 48.6 Å². The minimum Gasteiger partial charge on any atom is -0.489 e. The lowest BCUT2D eigenvalue weighted by atomic mass is 10.1. The van der Waals surface area contributed by atoms with Crippen molar-refractivity contribution in [3.8, 4) is 5.75 Å². The number of aliphatic hydroxyl groups excluding tert-OH is 1. The first-order valence-electron chi connectivity index (χ1n) is 8.59. The minimum absolute atomic E-state index is 0.437. The smallest absolute Gasteiger partial charge is 0.119 e. The summed E-state index contributed by atoms with van der Waals surface area (Å²) >= 11 is 0. The van der Waals surface area contributed by atoms with E-state index in [2.05, 4.69) is 35.2 Å². The van der Waals surface area contributed by atoms with Gasteiger partial charge in [-0.2, -0.15) is 0 Å². The zero-order chi connectivity index (χ0) is 18.1. The Morgan fingerprint density at radius 2 is 1.80 bits per heavy atom. The molecule has 132 valence electrons. The zero-order valence-corrected chi connectivity index (χ0v) is 15.2. The summed E-state index contributed by atoms with van der Waals surface area (Å²) in [5.74, 6) is 0.863. The number of anilines is 1. The summed E-state index contributed by atoms with van der Waals surface area (Å²) < 4.78 is 5.81. The van der Waals surface area contributed by atoms with Crippen molar-refractivity contribution in [3.63, 3.8) is 0 Å². The van der Waals surface area contributed by atoms with Gasteiger partial charge in [-0.05, 0) is 49.2 Å². The quantitative estimate of drug-likeness (QED) is 0.715. The Balaban J connectivity index is 1.87. The van der Waals surface area contributed by atoms with Crippen LogP contribution < -0.4 is 9.64 Å². The van der Waals surface area contributed by atoms with Crippen molar-refractivity contribution in [1.82, 2.24) is 0 Å². The molecule has 1 N–H and O–H groups in total. The maximum absolute atomic E-state index is 9.61. The van der Waals surface area contributed by atoms with Crippen molar-refractivity contribution < 1.29 is 9.84 Å². The average Bonchev–Trinajstić information content (AvgIpc) is 2.64. The average molecular weight is 337 g/mol. The molecule has 0 aliphatic heterocycles. The van der Waals surface area contributed by atoms with E-state index >= 15 is 0 Å². The van der Waals surface area contributed by atoms with Crippen LogP contribution in [-0.4, -0.2) is 24.8 Å². The summed E-state index contributed by atoms with van der Waals surface area (Å²) in [5.41, 5.74) is 3.21. The van der Waals surface area contributed by atoms with Crippen molar-refractivity contribution in [2.75, 3.05) is 18.5 Å². The molecule has 25 heavy (non-hydrogen) atoms. The van der Waals surface area contributed by atoms with Gasteiger partial charge in [0.25, 0.3) is 0 Å². The van der Waals surface area contributed by atoms with E-state index in [4.69, 9.17) is 4.74 Å². The Bertz CT molecular complexity index is 688. The first-order chi connectivity index (χ1) is 12.1. The lowest BCUT2D eigenvalue weighted by Crippen LogP contribution is -2.16. The van der Waals surface area contributed by atoms with E-state index in [0.717, 1.165) is 29.1 Å². The molecular formula is C22H27NO2. The molecule has 1 atom stereocenters. The van der Waals surface area contributed by atoms with Crippen LogP contribution in [0.4, 0.5) is 5.69 Å². The van der Waals surface area contributed by atoms with E-state index in [1.54, 1.807) is 6.92 Å². The summed E-state index contributed by atoms with van der Waals surface area (Å²) in [4.78, 5) is 2.15. The molecule has 0 aromatic heterocycles. The third-order valence-corrected chi connectivity index (χ3v) is 4.03. The van der Waals surface area contributed by atoms with Crippen LogP contribution in [0.1, 0.15) is 19.4 Å². The number of nitrogens with zero attached hydrogens (tertiary/aromatic N) is 1. The molecular weight excluding hydrogens is 310 g/mol. The summed E-state index contributed by atoms with van der Waals surface area (Å²) in [6, 6.07) is 18.2. The molecule has 0 fully saturated rings. The Kier molecular flexibility index (Phi) is 7.30. The van der Waals surface area contributed by atoms with E-state index in [1.165, 1.54) is 0 Å². The van der Waals surface area contributed by atoms with Gasteiger partial charge >= 0.3 is 0 Å². The van der Waals surface area contributed by atoms with Crippen molar-refractivity contribution in [3.05, 3.63) is 84.0 Å². The Labute approximate surface area is 150 Å². The Morgan fingerprint density at radius 1 is 1.12 bits per heavy atom. The second-order valence-electron chi connectivity index (χ2n) is 6.02. The van der Waals surface area contributed by atoms with Gasteiger partial charge in [-0.3, -0.25) is 0 Å². The highest BCUT2D eigenvalue weighted by atomic mass is 16.5. The Hall–Kier alpha value is -2.52. The molecule has 0 spiro atoms. The number of hydrogen-bond donors (Lipinski definition) is 1. The van der Waals surface area contributed by atoms with Gasteiger partial charge in [-0.15, -0.1) is 0 Å². The van der Waals surface area contributed by atoms with E-state index < -0.39 is 6.10 Å². The number of hydrogen-bond acceptors (Lipinski definition) is 3. The number of ether oxygens (including phenoxy) is 1. The molecule has 0 aliphatic rings. The first kappa shape index (κ1) is 18.8. The summed E-state index contributed by atoms with van der Waals surface area (Å²) in [7, 11) is 2.04. The maximum Gasteiger partial charge on any atom is 0.119 e. The molecule has 0 radical (unpaired) electrons. The van der Waals surface area contributed by atoms with Gasteiger partial charge in [0.2, 0.25) is 0 Å². The van der Waals surface area contributed by atoms with Crippen molar-refractivity contribution >= 4 is 5.69 Å². The Morgan fingerprint density at radius 3 is 2.40 bits per heavy atom. The van der Waals surface area contributed by atoms with E-state index in [0.29, 0.717) is 6.61 Å². The molecule has 2 rings (SSSR count). The maximum atomic E-state index is 9.61. The third kappa shape index (κ3) is 6.12. The molecule has 0 aliphatic carbocycles. The van der Waals surface area contributed by atoms with Crippen LogP contribution in [0.25, 0.3) is 0 Å². The zero-order valence-electron chi connectivity index (χ0n) is 15.2. The van der Waals surface area contributed by atoms with Crippen LogP contribution in [0.2, 0.25) is 0 Å². The first-order valence-corrected chi connectivity index (χ1v) is 8.59. The molecule has 0 saturated heterocycles. The van der Waals surface area contributed by atoms with Crippen LogP contribution in [0.5, 0.6) is 5.75 Å². The van der Waals surface area contributed by atoms with Crippen molar-refractivity contribution in [1.29, 1.82) is 0 Å². The second-order valence-corrected chi connectivity index (χ2v) is 6.02. The van der Waals surface area contributed by atoms with Crippen molar-refractivity contribution in [2.45, 2.75) is 26.6 Å². The molecule has 0 saturated carbocycles. The lowest BCUT2D eigenvalue weighted by Gasteiger charge is -2.18. The molecule has 3 heteroatoms. The molecule has 2 aromatic rings. The monoisotopic (exact) mass is 337 g/mol. The highest BCUT2D eigenvalue weighted by molar-refractivity contribution is 5.49. The number of allylic oxidation sites excluding steroid dienone is 1. The minimum atomic E-state index is -0.437. The fraction of sp³-hybridized carbons (Fsp3) is 0.273. The molecule has 1 unspecified atom stereocenters. The van der Waals surface area contributed by atoms with Crippen LogP contribution in [0.3, 0.4) is 0 Å². The lowest BCUT2D eigenvalue weighted by molar-refractivity contribution is 0.235. The predicted molar refractivity (Wildman–Crippen MR) is 105 cm³/mol. The van der Waals surface area contributed by atoms with Gasteiger partial charge in [0.15, 0.2) is 0 Å². The molecule has 0 amide bonds. The summed E-state index contributed by atoms with van der Waals surface area (Å²) in [6.45, 7) is 5.06. The van der Waals surface area contributed by atoms with Gasteiger partial charge in [-0.25, -0.2) is 0 Å². The van der Waals surface area contributed by atoms with Crippen LogP contribution in [-0.2, 0) is 6.61 Å². The summed E-state index contributed by atoms with van der Waals surface area (Å²) in [6.07, 6.45) is 5.52. The molecule has 3 nitrogen and oxygen atoms in total. The highest BCUT2D eigenvalue weighted by Crippen LogP contribution is 2.19. The van der Waals surface area contributed by atoms with Gasteiger partial charge in [0.1, 0.15) is 12.4 Å². The number of benzene rings is 2. The molecule has 0 heterocycles. The molecule has 0 bridgehead atoms. The second kappa shape index (κ2) is 9.70. The van der Waals surface area contributed by atoms with Crippen LogP contribution in [0, 0.1) is 0 Å². The predicted octanol–water partition coefficient (Wildman–Crippen LogP) is 4.59. The number of likely N-dealkylation sites (N-methyl/N-ethyl adjacent to an activating group) is 1. The SMILES string of the molecule is C/C=C(\C=C/CN(C)c1ccc(OCc2ccccc2)cc1)C(C)O. The number of rotatable bonds is 8. The fourth-order valence-electron chi connectivity index (χ4n) is 2.47.